The van der Waals surface area contributed by atoms with Crippen LogP contribution in [-0.4, -0.2) is 59.9 Å². The van der Waals surface area contributed by atoms with Gasteiger partial charge in [0.05, 0.1) is 17.6 Å². The average Bonchev–Trinajstić information content (AvgIpc) is 3.25. The molecule has 0 saturated carbocycles. The Morgan fingerprint density at radius 2 is 1.86 bits per heavy atom. The van der Waals surface area contributed by atoms with Crippen molar-refractivity contribution in [1.82, 2.24) is 25.3 Å². The number of carbonyl (C=O) groups excluding carboxylic acids is 1. The first-order valence-corrected chi connectivity index (χ1v) is 9.72. The molecule has 2 aromatic carbocycles. The zero-order valence-corrected chi connectivity index (χ0v) is 15.8. The van der Waals surface area contributed by atoms with Gasteiger partial charge in [0, 0.05) is 50.4 Å². The Labute approximate surface area is 165 Å². The highest BCUT2D eigenvalue weighted by Gasteiger charge is 2.12. The van der Waals surface area contributed by atoms with Crippen LogP contribution in [0.3, 0.4) is 0 Å². The molecule has 6 nitrogen and oxygen atoms in total. The molecule has 2 heterocycles. The maximum Gasteiger partial charge on any atom is 0.251 e. The van der Waals surface area contributed by atoms with Crippen LogP contribution in [0.4, 0.5) is 0 Å². The molecule has 0 aliphatic carbocycles. The highest BCUT2D eigenvalue weighted by atomic mass is 16.1. The second-order valence-electron chi connectivity index (χ2n) is 6.89. The van der Waals surface area contributed by atoms with E-state index in [2.05, 4.69) is 32.8 Å². The van der Waals surface area contributed by atoms with Crippen LogP contribution in [0.5, 0.6) is 0 Å². The highest BCUT2D eigenvalue weighted by Crippen LogP contribution is 2.22. The van der Waals surface area contributed by atoms with Crippen LogP contribution in [0, 0.1) is 0 Å². The summed E-state index contributed by atoms with van der Waals surface area (Å²) in [5, 5.41) is 10.8. The van der Waals surface area contributed by atoms with Crippen LogP contribution in [0.15, 0.2) is 66.9 Å². The Bertz CT molecular complexity index is 915. The second-order valence-corrected chi connectivity index (χ2v) is 6.89. The Hall–Kier alpha value is -2.96. The van der Waals surface area contributed by atoms with Gasteiger partial charge in [-0.2, -0.15) is 5.10 Å². The normalized spacial score (nSPS) is 14.7. The molecule has 0 atom stereocenters. The monoisotopic (exact) mass is 375 g/mol. The van der Waals surface area contributed by atoms with Crippen molar-refractivity contribution in [1.29, 1.82) is 0 Å². The molecule has 1 amide bonds. The molecule has 28 heavy (non-hydrogen) atoms. The molecule has 0 spiro atoms. The van der Waals surface area contributed by atoms with E-state index in [-0.39, 0.29) is 5.91 Å². The van der Waals surface area contributed by atoms with Crippen LogP contribution in [0.2, 0.25) is 0 Å². The Balaban J connectivity index is 1.45. The predicted octanol–water partition coefficient (Wildman–Crippen LogP) is 2.17. The van der Waals surface area contributed by atoms with Gasteiger partial charge in [0.25, 0.3) is 5.91 Å². The van der Waals surface area contributed by atoms with E-state index in [1.54, 1.807) is 6.20 Å². The van der Waals surface area contributed by atoms with Gasteiger partial charge in [0.2, 0.25) is 0 Å². The van der Waals surface area contributed by atoms with E-state index in [1.807, 2.05) is 53.2 Å². The molecule has 0 unspecified atom stereocenters. The van der Waals surface area contributed by atoms with Crippen LogP contribution < -0.4 is 10.6 Å². The number of hydrogen-bond acceptors (Lipinski definition) is 4. The van der Waals surface area contributed by atoms with Gasteiger partial charge >= 0.3 is 0 Å². The topological polar surface area (TPSA) is 62.2 Å². The SMILES string of the molecule is O=C(NCCN1CCNCC1)c1cccc(-n2nccc2-c2ccccc2)c1. The van der Waals surface area contributed by atoms with E-state index in [0.717, 1.165) is 49.7 Å². The zero-order valence-electron chi connectivity index (χ0n) is 15.8. The van der Waals surface area contributed by atoms with E-state index >= 15 is 0 Å². The van der Waals surface area contributed by atoms with E-state index in [4.69, 9.17) is 0 Å². The number of nitrogens with zero attached hydrogens (tertiary/aromatic N) is 3. The van der Waals surface area contributed by atoms with Crippen molar-refractivity contribution in [2.24, 2.45) is 0 Å². The van der Waals surface area contributed by atoms with Gasteiger partial charge < -0.3 is 10.6 Å². The van der Waals surface area contributed by atoms with Crippen LogP contribution in [0.1, 0.15) is 10.4 Å². The third-order valence-electron chi connectivity index (χ3n) is 4.99. The van der Waals surface area contributed by atoms with Gasteiger partial charge in [0.15, 0.2) is 0 Å². The summed E-state index contributed by atoms with van der Waals surface area (Å²) in [6.45, 7) is 5.64. The van der Waals surface area contributed by atoms with E-state index in [0.29, 0.717) is 12.1 Å². The van der Waals surface area contributed by atoms with Crippen LogP contribution >= 0.6 is 0 Å². The Morgan fingerprint density at radius 1 is 1.04 bits per heavy atom. The van der Waals surface area contributed by atoms with Gasteiger partial charge in [-0.3, -0.25) is 9.69 Å². The van der Waals surface area contributed by atoms with Gasteiger partial charge in [0.1, 0.15) is 0 Å². The number of carbonyl (C=O) groups is 1. The molecular formula is C22H25N5O. The predicted molar refractivity (Wildman–Crippen MR) is 111 cm³/mol. The molecule has 1 fully saturated rings. The maximum atomic E-state index is 12.6. The molecule has 4 rings (SSSR count). The highest BCUT2D eigenvalue weighted by molar-refractivity contribution is 5.94. The first-order valence-electron chi connectivity index (χ1n) is 9.72. The fraction of sp³-hybridized carbons (Fsp3) is 0.273. The average molecular weight is 375 g/mol. The number of amides is 1. The van der Waals surface area contributed by atoms with Gasteiger partial charge in [-0.05, 0) is 24.3 Å². The molecule has 1 aromatic heterocycles. The van der Waals surface area contributed by atoms with E-state index in [9.17, 15) is 4.79 Å². The zero-order chi connectivity index (χ0) is 19.2. The third kappa shape index (κ3) is 4.30. The van der Waals surface area contributed by atoms with Crippen molar-refractivity contribution in [3.8, 4) is 16.9 Å². The number of benzene rings is 2. The van der Waals surface area contributed by atoms with Crippen molar-refractivity contribution >= 4 is 5.91 Å². The summed E-state index contributed by atoms with van der Waals surface area (Å²) in [5.41, 5.74) is 3.61. The van der Waals surface area contributed by atoms with Crippen molar-refractivity contribution in [3.63, 3.8) is 0 Å². The van der Waals surface area contributed by atoms with Crippen molar-refractivity contribution in [3.05, 3.63) is 72.4 Å². The summed E-state index contributed by atoms with van der Waals surface area (Å²) >= 11 is 0. The molecule has 1 saturated heterocycles. The standard InChI is InChI=1S/C22H25N5O/c28-22(24-13-16-26-14-11-23-12-15-26)19-7-4-8-20(17-19)27-21(9-10-25-27)18-5-2-1-3-6-18/h1-10,17,23H,11-16H2,(H,24,28). The largest absolute Gasteiger partial charge is 0.351 e. The lowest BCUT2D eigenvalue weighted by molar-refractivity contribution is 0.0947. The maximum absolute atomic E-state index is 12.6. The molecule has 1 aliphatic heterocycles. The minimum Gasteiger partial charge on any atom is -0.351 e. The molecule has 2 N–H and O–H groups in total. The van der Waals surface area contributed by atoms with Crippen LogP contribution in [0.25, 0.3) is 16.9 Å². The minimum atomic E-state index is -0.0506. The van der Waals surface area contributed by atoms with E-state index in [1.165, 1.54) is 0 Å². The van der Waals surface area contributed by atoms with E-state index < -0.39 is 0 Å². The molecule has 144 valence electrons. The number of hydrogen-bond donors (Lipinski definition) is 2. The number of aromatic nitrogens is 2. The number of piperazine rings is 1. The second kappa shape index (κ2) is 8.82. The summed E-state index contributed by atoms with van der Waals surface area (Å²) in [6.07, 6.45) is 1.78. The third-order valence-corrected chi connectivity index (χ3v) is 4.99. The Morgan fingerprint density at radius 3 is 2.68 bits per heavy atom. The molecule has 0 radical (unpaired) electrons. The fourth-order valence-corrected chi connectivity index (χ4v) is 3.48. The van der Waals surface area contributed by atoms with Gasteiger partial charge in [-0.15, -0.1) is 0 Å². The number of rotatable bonds is 6. The van der Waals surface area contributed by atoms with Crippen molar-refractivity contribution in [2.75, 3.05) is 39.3 Å². The summed E-state index contributed by atoms with van der Waals surface area (Å²) in [6, 6.07) is 19.7. The minimum absolute atomic E-state index is 0.0506. The molecule has 0 bridgehead atoms. The fourth-order valence-electron chi connectivity index (χ4n) is 3.48. The first-order chi connectivity index (χ1) is 13.8. The van der Waals surface area contributed by atoms with Crippen LogP contribution in [-0.2, 0) is 0 Å². The van der Waals surface area contributed by atoms with Gasteiger partial charge in [-0.1, -0.05) is 36.4 Å². The summed E-state index contributed by atoms with van der Waals surface area (Å²) in [5.74, 6) is -0.0506. The summed E-state index contributed by atoms with van der Waals surface area (Å²) in [4.78, 5) is 15.0. The lowest BCUT2D eigenvalue weighted by Gasteiger charge is -2.27. The van der Waals surface area contributed by atoms with Gasteiger partial charge in [-0.25, -0.2) is 4.68 Å². The molecule has 6 heteroatoms. The first kappa shape index (κ1) is 18.4. The number of nitrogens with one attached hydrogen (secondary N) is 2. The quantitative estimate of drug-likeness (QED) is 0.693. The van der Waals surface area contributed by atoms with Crippen molar-refractivity contribution in [2.45, 2.75) is 0 Å². The summed E-state index contributed by atoms with van der Waals surface area (Å²) < 4.78 is 1.87. The summed E-state index contributed by atoms with van der Waals surface area (Å²) in [7, 11) is 0. The smallest absolute Gasteiger partial charge is 0.251 e. The molecule has 1 aliphatic rings. The molecular weight excluding hydrogens is 350 g/mol. The molecule has 3 aromatic rings. The van der Waals surface area contributed by atoms with Crippen molar-refractivity contribution < 1.29 is 4.79 Å². The lowest BCUT2D eigenvalue weighted by Crippen LogP contribution is -2.46. The lowest BCUT2D eigenvalue weighted by atomic mass is 10.1. The Kier molecular flexibility index (Phi) is 5.80.